The Labute approximate surface area is 320 Å². The Hall–Kier alpha value is -4.51. The molecule has 1 aromatic carbocycles. The number of aliphatic hydroxyl groups is 1. The van der Waals surface area contributed by atoms with Crippen molar-refractivity contribution in [1.29, 1.82) is 0 Å². The van der Waals surface area contributed by atoms with Crippen molar-refractivity contribution in [3.63, 3.8) is 0 Å². The highest BCUT2D eigenvalue weighted by Gasteiger charge is 2.49. The number of pyridine rings is 1. The first-order chi connectivity index (χ1) is 26.6. The molecule has 4 fully saturated rings. The Morgan fingerprint density at radius 1 is 1.13 bits per heavy atom. The van der Waals surface area contributed by atoms with Gasteiger partial charge in [0.2, 0.25) is 0 Å². The summed E-state index contributed by atoms with van der Waals surface area (Å²) in [4.78, 5) is 37.7. The number of carbonyl (C=O) groups is 2. The molecule has 17 heteroatoms. The van der Waals surface area contributed by atoms with Crippen molar-refractivity contribution >= 4 is 57.7 Å². The molecule has 0 radical (unpaired) electrons. The van der Waals surface area contributed by atoms with Crippen LogP contribution in [0.4, 0.5) is 14.6 Å². The number of aliphatic hydroxyl groups excluding tert-OH is 1. The third-order valence-corrected chi connectivity index (χ3v) is 11.3. The van der Waals surface area contributed by atoms with Crippen molar-refractivity contribution in [2.45, 2.75) is 88.3 Å². The molecule has 8 rings (SSSR count). The molecule has 1 unspecified atom stereocenters. The van der Waals surface area contributed by atoms with Crippen LogP contribution in [0.25, 0.3) is 39.1 Å². The number of halogens is 3. The van der Waals surface area contributed by atoms with Crippen LogP contribution in [-0.2, 0) is 14.3 Å². The molecule has 0 aliphatic carbocycles. The predicted octanol–water partition coefficient (Wildman–Crippen LogP) is 6.03. The summed E-state index contributed by atoms with van der Waals surface area (Å²) in [5, 5.41) is 32.6. The van der Waals surface area contributed by atoms with Crippen LogP contribution in [0, 0.1) is 5.82 Å². The number of β-amino-alcohol motifs (C(OH)–C–C–N with tert-alkyl or cyclic N) is 1. The SMILES string of the molecule is O=C(O)CC/C=C\c1c(Cl)cc2c(cnn2C2CCCCO2)c1-c1ncc2c(N3CCC[C@@H](O)C3)nc(OC[C@@]34CCCN3C[C@H](F)C4)nc2c1F.O=CO. The summed E-state index contributed by atoms with van der Waals surface area (Å²) < 4.78 is 46.0. The van der Waals surface area contributed by atoms with E-state index in [4.69, 9.17) is 36.0 Å². The van der Waals surface area contributed by atoms with E-state index >= 15 is 4.39 Å². The molecule has 4 aliphatic heterocycles. The number of hydrogen-bond acceptors (Lipinski definition) is 11. The number of benzene rings is 1. The van der Waals surface area contributed by atoms with Gasteiger partial charge in [0.25, 0.3) is 6.47 Å². The van der Waals surface area contributed by atoms with Gasteiger partial charge in [-0.05, 0) is 64.0 Å². The Kier molecular flexibility index (Phi) is 11.8. The Bertz CT molecular complexity index is 2080. The van der Waals surface area contributed by atoms with Crippen molar-refractivity contribution in [2.75, 3.05) is 44.3 Å². The molecule has 4 saturated heterocycles. The van der Waals surface area contributed by atoms with E-state index in [2.05, 4.69) is 20.0 Å². The van der Waals surface area contributed by atoms with Crippen LogP contribution in [0.2, 0.25) is 5.02 Å². The van der Waals surface area contributed by atoms with Crippen molar-refractivity contribution in [2.24, 2.45) is 0 Å². The fraction of sp³-hybridized carbons (Fsp3) is 0.526. The van der Waals surface area contributed by atoms with Gasteiger partial charge in [-0.2, -0.15) is 15.1 Å². The normalized spacial score (nSPS) is 24.3. The topological polar surface area (TPSA) is 176 Å². The molecule has 7 heterocycles. The number of rotatable bonds is 10. The van der Waals surface area contributed by atoms with Gasteiger partial charge in [0.1, 0.15) is 29.8 Å². The predicted molar refractivity (Wildman–Crippen MR) is 200 cm³/mol. The molecular weight excluding hydrogens is 740 g/mol. The lowest BCUT2D eigenvalue weighted by Crippen LogP contribution is -2.43. The summed E-state index contributed by atoms with van der Waals surface area (Å²) in [6.45, 7) is 2.59. The third-order valence-electron chi connectivity index (χ3n) is 10.9. The fourth-order valence-electron chi connectivity index (χ4n) is 8.44. The van der Waals surface area contributed by atoms with Crippen LogP contribution in [0.1, 0.15) is 76.0 Å². The lowest BCUT2D eigenvalue weighted by molar-refractivity contribution is -0.136. The average Bonchev–Trinajstić information content (AvgIpc) is 3.85. The summed E-state index contributed by atoms with van der Waals surface area (Å²) in [6, 6.07) is 1.74. The Morgan fingerprint density at radius 3 is 2.73 bits per heavy atom. The number of anilines is 1. The number of nitrogens with zero attached hydrogens (tertiary/aromatic N) is 7. The number of carboxylic acids is 1. The van der Waals surface area contributed by atoms with Gasteiger partial charge in [-0.25, -0.2) is 13.5 Å². The van der Waals surface area contributed by atoms with Gasteiger partial charge in [0.15, 0.2) is 12.0 Å². The molecule has 55 heavy (non-hydrogen) atoms. The molecular formula is C38H44ClF2N7O7. The van der Waals surface area contributed by atoms with E-state index < -0.39 is 29.6 Å². The number of carboxylic acid groups (broad SMARTS) is 2. The number of aliphatic carboxylic acids is 1. The molecule has 0 amide bonds. The first-order valence-corrected chi connectivity index (χ1v) is 19.1. The Morgan fingerprint density at radius 2 is 1.96 bits per heavy atom. The van der Waals surface area contributed by atoms with E-state index in [1.165, 1.54) is 6.20 Å². The summed E-state index contributed by atoms with van der Waals surface area (Å²) in [7, 11) is 0. The second kappa shape index (κ2) is 16.7. The van der Waals surface area contributed by atoms with E-state index in [0.717, 1.165) is 45.1 Å². The van der Waals surface area contributed by atoms with Crippen molar-refractivity contribution < 1.29 is 43.2 Å². The quantitative estimate of drug-likeness (QED) is 0.159. The van der Waals surface area contributed by atoms with Crippen LogP contribution in [0.5, 0.6) is 6.01 Å². The number of ether oxygens (including phenoxy) is 2. The highest BCUT2D eigenvalue weighted by molar-refractivity contribution is 6.34. The highest BCUT2D eigenvalue weighted by Crippen LogP contribution is 2.43. The van der Waals surface area contributed by atoms with Crippen LogP contribution < -0.4 is 9.64 Å². The van der Waals surface area contributed by atoms with Gasteiger partial charge in [0, 0.05) is 61.8 Å². The smallest absolute Gasteiger partial charge is 0.319 e. The molecule has 4 aromatic rings. The lowest BCUT2D eigenvalue weighted by Gasteiger charge is -2.32. The van der Waals surface area contributed by atoms with Gasteiger partial charge in [-0.3, -0.25) is 19.5 Å². The van der Waals surface area contributed by atoms with Crippen LogP contribution in [0.3, 0.4) is 0 Å². The zero-order valence-electron chi connectivity index (χ0n) is 30.2. The monoisotopic (exact) mass is 783 g/mol. The standard InChI is InChI=1S/C37H42ClF2N7O5.CH2O2/c38-27-15-28-25(18-42-47(28)29-9-3-4-14-51-29)31(24(27)8-1-2-10-30(49)50)34-32(40)33-26(17-41-34)35(45-12-5-7-23(48)20-45)44-36(43-33)52-21-37-11-6-13-46(37)19-22(39)16-37;2-1-3/h1,8,15,17-18,22-23,29,48H,2-7,9-14,16,19-21H2,(H,49,50);1H,(H,2,3)/b8-1-;/t22-,23-,29?,37+;/m1./s1. The van der Waals surface area contributed by atoms with Crippen LogP contribution in [-0.4, -0.2) is 115 Å². The maximum atomic E-state index is 17.3. The molecule has 3 aromatic heterocycles. The molecule has 3 N–H and O–H groups in total. The average molecular weight is 784 g/mol. The molecule has 4 aliphatic rings. The van der Waals surface area contributed by atoms with Crippen LogP contribution >= 0.6 is 11.6 Å². The number of alkyl halides is 1. The maximum Gasteiger partial charge on any atom is 0.319 e. The second-order valence-electron chi connectivity index (χ2n) is 14.5. The van der Waals surface area contributed by atoms with E-state index in [0.29, 0.717) is 77.3 Å². The van der Waals surface area contributed by atoms with E-state index in [-0.39, 0.29) is 49.4 Å². The van der Waals surface area contributed by atoms with Gasteiger partial charge in [-0.1, -0.05) is 23.8 Å². The van der Waals surface area contributed by atoms with Gasteiger partial charge in [0.05, 0.1) is 33.8 Å². The first-order valence-electron chi connectivity index (χ1n) is 18.7. The minimum atomic E-state index is -0.936. The van der Waals surface area contributed by atoms with Gasteiger partial charge < -0.3 is 29.7 Å². The zero-order valence-corrected chi connectivity index (χ0v) is 31.0. The number of fused-ring (bicyclic) bond motifs is 3. The van der Waals surface area contributed by atoms with Gasteiger partial charge in [-0.15, -0.1) is 0 Å². The maximum absolute atomic E-state index is 17.3. The van der Waals surface area contributed by atoms with E-state index in [9.17, 15) is 19.4 Å². The second-order valence-corrected chi connectivity index (χ2v) is 15.0. The number of hydrogen-bond donors (Lipinski definition) is 3. The third kappa shape index (κ3) is 7.95. The van der Waals surface area contributed by atoms with Gasteiger partial charge >= 0.3 is 12.0 Å². The largest absolute Gasteiger partial charge is 0.483 e. The van der Waals surface area contributed by atoms with Crippen molar-refractivity contribution in [3.05, 3.63) is 40.9 Å². The summed E-state index contributed by atoms with van der Waals surface area (Å²) in [5.74, 6) is -1.26. The highest BCUT2D eigenvalue weighted by atomic mass is 35.5. The van der Waals surface area contributed by atoms with Crippen molar-refractivity contribution in [3.8, 4) is 17.3 Å². The Balaban J connectivity index is 0.00000150. The molecule has 294 valence electrons. The molecule has 14 nitrogen and oxygen atoms in total. The number of allylic oxidation sites excluding steroid dienone is 1. The first kappa shape index (κ1) is 38.8. The number of piperidine rings is 1. The molecule has 0 saturated carbocycles. The summed E-state index contributed by atoms with van der Waals surface area (Å²) >= 11 is 6.95. The minimum absolute atomic E-state index is 0.0161. The lowest BCUT2D eigenvalue weighted by atomic mass is 9.95. The minimum Gasteiger partial charge on any atom is -0.483 e. The fourth-order valence-corrected chi connectivity index (χ4v) is 8.70. The van der Waals surface area contributed by atoms with E-state index in [1.54, 1.807) is 29.1 Å². The summed E-state index contributed by atoms with van der Waals surface area (Å²) in [5.41, 5.74) is 0.991. The van der Waals surface area contributed by atoms with Crippen molar-refractivity contribution in [1.82, 2.24) is 29.6 Å². The van der Waals surface area contributed by atoms with Crippen LogP contribution in [0.15, 0.2) is 24.5 Å². The molecule has 4 atom stereocenters. The van der Waals surface area contributed by atoms with E-state index in [1.807, 2.05) is 4.90 Å². The summed E-state index contributed by atoms with van der Waals surface area (Å²) in [6.07, 6.45) is 11.1. The molecule has 0 bridgehead atoms. The zero-order chi connectivity index (χ0) is 38.7. The molecule has 0 spiro atoms. The number of aromatic nitrogens is 5.